The molecule has 1 aliphatic rings. The fourth-order valence-electron chi connectivity index (χ4n) is 1.58. The Kier molecular flexibility index (Phi) is 2.53. The van der Waals surface area contributed by atoms with E-state index in [-0.39, 0.29) is 18.5 Å². The van der Waals surface area contributed by atoms with Crippen molar-refractivity contribution in [3.8, 4) is 11.5 Å². The lowest BCUT2D eigenvalue weighted by Gasteiger charge is -2.04. The van der Waals surface area contributed by atoms with Crippen molar-refractivity contribution >= 4 is 11.6 Å². The van der Waals surface area contributed by atoms with Crippen molar-refractivity contribution in [3.05, 3.63) is 42.5 Å². The largest absolute Gasteiger partial charge is 0.454 e. The van der Waals surface area contributed by atoms with Gasteiger partial charge in [0.1, 0.15) is 0 Å². The molecular formula is C12H9N3O3. The first kappa shape index (κ1) is 10.5. The summed E-state index contributed by atoms with van der Waals surface area (Å²) in [6.45, 7) is 0.203. The summed E-state index contributed by atoms with van der Waals surface area (Å²) in [7, 11) is 0. The summed E-state index contributed by atoms with van der Waals surface area (Å²) in [6.07, 6.45) is 3.03. The molecule has 0 radical (unpaired) electrons. The summed E-state index contributed by atoms with van der Waals surface area (Å²) in [5.41, 5.74) is 0.608. The average Bonchev–Trinajstić information content (AvgIpc) is 2.87. The Hall–Kier alpha value is -2.63. The van der Waals surface area contributed by atoms with Crippen molar-refractivity contribution in [2.45, 2.75) is 0 Å². The fourth-order valence-corrected chi connectivity index (χ4v) is 1.58. The molecule has 2 aromatic rings. The maximum Gasteiger partial charge on any atom is 0.293 e. The Morgan fingerprint density at radius 3 is 2.78 bits per heavy atom. The molecule has 3 rings (SSSR count). The number of benzene rings is 1. The predicted molar refractivity (Wildman–Crippen MR) is 62.6 cm³/mol. The van der Waals surface area contributed by atoms with Gasteiger partial charge in [-0.05, 0) is 18.2 Å². The van der Waals surface area contributed by atoms with Crippen molar-refractivity contribution in [1.29, 1.82) is 0 Å². The molecule has 0 unspecified atom stereocenters. The van der Waals surface area contributed by atoms with Gasteiger partial charge in [-0.15, -0.1) is 0 Å². The maximum atomic E-state index is 11.8. The summed E-state index contributed by atoms with van der Waals surface area (Å²) < 4.78 is 10.4. The second-order valence-electron chi connectivity index (χ2n) is 3.59. The second kappa shape index (κ2) is 4.33. The quantitative estimate of drug-likeness (QED) is 0.864. The number of amides is 1. The number of nitrogens with one attached hydrogen (secondary N) is 1. The first-order valence-corrected chi connectivity index (χ1v) is 5.31. The molecule has 90 valence electrons. The van der Waals surface area contributed by atoms with Gasteiger partial charge in [0.25, 0.3) is 5.91 Å². The van der Waals surface area contributed by atoms with Gasteiger partial charge in [0.2, 0.25) is 12.6 Å². The van der Waals surface area contributed by atoms with Crippen LogP contribution in [0.15, 0.2) is 36.7 Å². The van der Waals surface area contributed by atoms with Gasteiger partial charge in [-0.3, -0.25) is 4.79 Å². The molecule has 1 aromatic heterocycles. The monoisotopic (exact) mass is 243 g/mol. The third-order valence-electron chi connectivity index (χ3n) is 2.40. The minimum Gasteiger partial charge on any atom is -0.454 e. The van der Waals surface area contributed by atoms with E-state index in [0.29, 0.717) is 17.2 Å². The van der Waals surface area contributed by atoms with E-state index >= 15 is 0 Å². The number of fused-ring (bicyclic) bond motifs is 1. The number of nitrogens with zero attached hydrogens (tertiary/aromatic N) is 2. The lowest BCUT2D eigenvalue weighted by atomic mass is 10.2. The molecule has 1 amide bonds. The minimum atomic E-state index is -0.366. The highest BCUT2D eigenvalue weighted by Gasteiger charge is 2.15. The van der Waals surface area contributed by atoms with Crippen molar-refractivity contribution in [2.24, 2.45) is 0 Å². The van der Waals surface area contributed by atoms with E-state index in [2.05, 4.69) is 15.3 Å². The first-order valence-electron chi connectivity index (χ1n) is 5.31. The van der Waals surface area contributed by atoms with Gasteiger partial charge in [0, 0.05) is 24.1 Å². The SMILES string of the molecule is O=C(Nc1ccc2c(c1)OCO2)c1ncccn1. The number of hydrogen-bond acceptors (Lipinski definition) is 5. The van der Waals surface area contributed by atoms with Gasteiger partial charge in [0.05, 0.1) is 0 Å². The number of anilines is 1. The molecule has 0 saturated carbocycles. The third kappa shape index (κ3) is 1.95. The molecule has 1 aliphatic heterocycles. The minimum absolute atomic E-state index is 0.121. The van der Waals surface area contributed by atoms with Crippen LogP contribution in [0.4, 0.5) is 5.69 Å². The Morgan fingerprint density at radius 1 is 1.17 bits per heavy atom. The van der Waals surface area contributed by atoms with Gasteiger partial charge < -0.3 is 14.8 Å². The zero-order valence-corrected chi connectivity index (χ0v) is 9.29. The van der Waals surface area contributed by atoms with Gasteiger partial charge in [-0.1, -0.05) is 0 Å². The van der Waals surface area contributed by atoms with Crippen molar-refractivity contribution in [2.75, 3.05) is 12.1 Å². The Bertz CT molecular complexity index is 586. The van der Waals surface area contributed by atoms with Gasteiger partial charge in [0.15, 0.2) is 11.5 Å². The van der Waals surface area contributed by atoms with Crippen LogP contribution in [0.5, 0.6) is 11.5 Å². The van der Waals surface area contributed by atoms with Crippen LogP contribution in [0.1, 0.15) is 10.6 Å². The van der Waals surface area contributed by atoms with E-state index in [0.717, 1.165) is 0 Å². The van der Waals surface area contributed by atoms with Crippen LogP contribution in [0, 0.1) is 0 Å². The van der Waals surface area contributed by atoms with Crippen LogP contribution in [0.2, 0.25) is 0 Å². The highest BCUT2D eigenvalue weighted by Crippen LogP contribution is 2.34. The van der Waals surface area contributed by atoms with E-state index < -0.39 is 0 Å². The number of carbonyl (C=O) groups excluding carboxylic acids is 1. The number of hydrogen-bond donors (Lipinski definition) is 1. The van der Waals surface area contributed by atoms with E-state index in [1.54, 1.807) is 24.3 Å². The molecule has 0 atom stereocenters. The molecule has 0 aliphatic carbocycles. The Labute approximate surface area is 103 Å². The molecular weight excluding hydrogens is 234 g/mol. The van der Waals surface area contributed by atoms with Crippen LogP contribution in [-0.4, -0.2) is 22.7 Å². The zero-order chi connectivity index (χ0) is 12.4. The zero-order valence-electron chi connectivity index (χ0n) is 9.29. The molecule has 0 saturated heterocycles. The predicted octanol–water partition coefficient (Wildman–Crippen LogP) is 1.46. The summed E-state index contributed by atoms with van der Waals surface area (Å²) in [6, 6.07) is 6.82. The Balaban J connectivity index is 1.79. The highest BCUT2D eigenvalue weighted by molar-refractivity contribution is 6.01. The smallest absolute Gasteiger partial charge is 0.293 e. The number of rotatable bonds is 2. The summed E-state index contributed by atoms with van der Waals surface area (Å²) in [4.78, 5) is 19.5. The van der Waals surface area contributed by atoms with Gasteiger partial charge in [-0.25, -0.2) is 9.97 Å². The van der Waals surface area contributed by atoms with E-state index in [1.165, 1.54) is 12.4 Å². The van der Waals surface area contributed by atoms with Crippen LogP contribution in [-0.2, 0) is 0 Å². The molecule has 1 aromatic carbocycles. The van der Waals surface area contributed by atoms with Crippen molar-refractivity contribution in [1.82, 2.24) is 9.97 Å². The molecule has 0 fully saturated rings. The van der Waals surface area contributed by atoms with Crippen LogP contribution >= 0.6 is 0 Å². The molecule has 6 nitrogen and oxygen atoms in total. The molecule has 2 heterocycles. The second-order valence-corrected chi connectivity index (χ2v) is 3.59. The maximum absolute atomic E-state index is 11.8. The molecule has 6 heteroatoms. The number of ether oxygens (including phenoxy) is 2. The molecule has 18 heavy (non-hydrogen) atoms. The summed E-state index contributed by atoms with van der Waals surface area (Å²) in [5.74, 6) is 1.04. The van der Waals surface area contributed by atoms with Crippen LogP contribution in [0.3, 0.4) is 0 Å². The summed E-state index contributed by atoms with van der Waals surface area (Å²) in [5, 5.41) is 2.69. The van der Waals surface area contributed by atoms with Gasteiger partial charge in [-0.2, -0.15) is 0 Å². The average molecular weight is 243 g/mol. The number of carbonyl (C=O) groups is 1. The first-order chi connectivity index (χ1) is 8.83. The lowest BCUT2D eigenvalue weighted by molar-refractivity contribution is 0.101. The standard InChI is InChI=1S/C12H9N3O3/c16-12(11-13-4-1-5-14-11)15-8-2-3-9-10(6-8)18-7-17-9/h1-6H,7H2,(H,15,16). The molecule has 0 spiro atoms. The molecule has 0 bridgehead atoms. The topological polar surface area (TPSA) is 73.3 Å². The molecule has 1 N–H and O–H groups in total. The van der Waals surface area contributed by atoms with Crippen LogP contribution < -0.4 is 14.8 Å². The summed E-state index contributed by atoms with van der Waals surface area (Å²) >= 11 is 0. The van der Waals surface area contributed by atoms with E-state index in [1.807, 2.05) is 0 Å². The van der Waals surface area contributed by atoms with E-state index in [9.17, 15) is 4.79 Å². The van der Waals surface area contributed by atoms with Crippen molar-refractivity contribution < 1.29 is 14.3 Å². The van der Waals surface area contributed by atoms with Gasteiger partial charge >= 0.3 is 0 Å². The highest BCUT2D eigenvalue weighted by atomic mass is 16.7. The van der Waals surface area contributed by atoms with E-state index in [4.69, 9.17) is 9.47 Å². The third-order valence-corrected chi connectivity index (χ3v) is 2.40. The normalized spacial score (nSPS) is 12.2. The van der Waals surface area contributed by atoms with Crippen LogP contribution in [0.25, 0.3) is 0 Å². The number of aromatic nitrogens is 2. The fraction of sp³-hybridized carbons (Fsp3) is 0.0833. The lowest BCUT2D eigenvalue weighted by Crippen LogP contribution is -2.15. The Morgan fingerprint density at radius 2 is 1.94 bits per heavy atom. The van der Waals surface area contributed by atoms with Crippen molar-refractivity contribution in [3.63, 3.8) is 0 Å².